The molecule has 1 aliphatic carbocycles. The minimum atomic E-state index is -3.14. The molecule has 5 nitrogen and oxygen atoms in total. The van der Waals surface area contributed by atoms with E-state index in [1.54, 1.807) is 0 Å². The lowest BCUT2D eigenvalue weighted by atomic mass is 9.97. The summed E-state index contributed by atoms with van der Waals surface area (Å²) < 4.78 is 27.4. The average Bonchev–Trinajstić information content (AvgIpc) is 2.87. The molecule has 1 saturated carbocycles. The van der Waals surface area contributed by atoms with Gasteiger partial charge in [0.15, 0.2) is 0 Å². The van der Waals surface area contributed by atoms with Gasteiger partial charge in [0.2, 0.25) is 10.0 Å². The molecule has 1 aliphatic heterocycles. The standard InChI is InChI=1S/C14H29N3O2S/c1-17(2)14(7-3-4-8-14)12-16-20(18,19)11-13-5-9-15-10-6-13/h13,15-16H,3-12H2,1-2H3. The Kier molecular flexibility index (Phi) is 5.45. The Morgan fingerprint density at radius 3 is 2.35 bits per heavy atom. The molecule has 0 amide bonds. The van der Waals surface area contributed by atoms with Gasteiger partial charge < -0.3 is 10.2 Å². The van der Waals surface area contributed by atoms with Gasteiger partial charge in [-0.25, -0.2) is 13.1 Å². The summed E-state index contributed by atoms with van der Waals surface area (Å²) >= 11 is 0. The van der Waals surface area contributed by atoms with Gasteiger partial charge >= 0.3 is 0 Å². The fraction of sp³-hybridized carbons (Fsp3) is 1.00. The smallest absolute Gasteiger partial charge is 0.211 e. The highest BCUT2D eigenvalue weighted by Crippen LogP contribution is 2.33. The minimum Gasteiger partial charge on any atom is -0.317 e. The van der Waals surface area contributed by atoms with Crippen LogP contribution >= 0.6 is 0 Å². The monoisotopic (exact) mass is 303 g/mol. The van der Waals surface area contributed by atoms with Crippen LogP contribution in [0, 0.1) is 5.92 Å². The van der Waals surface area contributed by atoms with Crippen LogP contribution in [0.5, 0.6) is 0 Å². The summed E-state index contributed by atoms with van der Waals surface area (Å²) in [5, 5.41) is 3.28. The molecule has 2 N–H and O–H groups in total. The van der Waals surface area contributed by atoms with E-state index in [4.69, 9.17) is 0 Å². The van der Waals surface area contributed by atoms with Crippen molar-refractivity contribution in [3.05, 3.63) is 0 Å². The third kappa shape index (κ3) is 4.16. The minimum absolute atomic E-state index is 0.0290. The van der Waals surface area contributed by atoms with Crippen molar-refractivity contribution in [2.24, 2.45) is 5.92 Å². The van der Waals surface area contributed by atoms with Gasteiger partial charge in [0, 0.05) is 12.1 Å². The largest absolute Gasteiger partial charge is 0.317 e. The summed E-state index contributed by atoms with van der Waals surface area (Å²) in [4.78, 5) is 2.20. The zero-order valence-corrected chi connectivity index (χ0v) is 13.6. The number of sulfonamides is 1. The Morgan fingerprint density at radius 1 is 1.20 bits per heavy atom. The lowest BCUT2D eigenvalue weighted by molar-refractivity contribution is 0.161. The van der Waals surface area contributed by atoms with Crippen molar-refractivity contribution in [2.45, 2.75) is 44.1 Å². The molecule has 0 atom stereocenters. The van der Waals surface area contributed by atoms with E-state index in [0.29, 0.717) is 12.5 Å². The first-order valence-corrected chi connectivity index (χ1v) is 9.44. The lowest BCUT2D eigenvalue weighted by Crippen LogP contribution is -2.51. The molecule has 2 aliphatic rings. The van der Waals surface area contributed by atoms with E-state index >= 15 is 0 Å². The van der Waals surface area contributed by atoms with Crippen molar-refractivity contribution in [3.63, 3.8) is 0 Å². The topological polar surface area (TPSA) is 61.4 Å². The fourth-order valence-electron chi connectivity index (χ4n) is 3.48. The Balaban J connectivity index is 1.87. The molecule has 0 spiro atoms. The molecule has 0 aromatic carbocycles. The maximum Gasteiger partial charge on any atom is 0.211 e. The molecule has 0 bridgehead atoms. The van der Waals surface area contributed by atoms with Gasteiger partial charge in [0.1, 0.15) is 0 Å². The van der Waals surface area contributed by atoms with E-state index in [-0.39, 0.29) is 11.3 Å². The maximum atomic E-state index is 12.3. The van der Waals surface area contributed by atoms with Crippen molar-refractivity contribution in [1.82, 2.24) is 14.9 Å². The molecule has 0 aromatic rings. The van der Waals surface area contributed by atoms with E-state index in [1.807, 2.05) is 0 Å². The fourth-order valence-corrected chi connectivity index (χ4v) is 5.04. The molecular weight excluding hydrogens is 274 g/mol. The molecule has 1 heterocycles. The average molecular weight is 303 g/mol. The number of nitrogens with zero attached hydrogens (tertiary/aromatic N) is 1. The van der Waals surface area contributed by atoms with Crippen molar-refractivity contribution >= 4 is 10.0 Å². The molecule has 0 unspecified atom stereocenters. The van der Waals surface area contributed by atoms with Crippen LogP contribution in [-0.4, -0.2) is 58.3 Å². The third-order valence-corrected chi connectivity index (χ3v) is 6.51. The van der Waals surface area contributed by atoms with E-state index in [1.165, 1.54) is 12.8 Å². The first kappa shape index (κ1) is 16.2. The molecular formula is C14H29N3O2S. The molecule has 1 saturated heterocycles. The van der Waals surface area contributed by atoms with Crippen molar-refractivity contribution < 1.29 is 8.42 Å². The predicted octanol–water partition coefficient (Wildman–Crippen LogP) is 0.780. The highest BCUT2D eigenvalue weighted by atomic mass is 32.2. The maximum absolute atomic E-state index is 12.3. The Hall–Kier alpha value is -0.170. The summed E-state index contributed by atoms with van der Waals surface area (Å²) in [6, 6.07) is 0. The number of nitrogens with one attached hydrogen (secondary N) is 2. The van der Waals surface area contributed by atoms with Crippen LogP contribution in [0.2, 0.25) is 0 Å². The number of hydrogen-bond donors (Lipinski definition) is 2. The second kappa shape index (κ2) is 6.73. The van der Waals surface area contributed by atoms with E-state index < -0.39 is 10.0 Å². The van der Waals surface area contributed by atoms with E-state index in [0.717, 1.165) is 38.8 Å². The Labute approximate surface area is 123 Å². The van der Waals surface area contributed by atoms with Crippen LogP contribution < -0.4 is 10.0 Å². The van der Waals surface area contributed by atoms with Crippen LogP contribution in [-0.2, 0) is 10.0 Å². The Morgan fingerprint density at radius 2 is 1.80 bits per heavy atom. The predicted molar refractivity (Wildman–Crippen MR) is 82.3 cm³/mol. The van der Waals surface area contributed by atoms with Crippen molar-refractivity contribution in [3.8, 4) is 0 Å². The van der Waals surface area contributed by atoms with Crippen LogP contribution in [0.25, 0.3) is 0 Å². The summed E-state index contributed by atoms with van der Waals surface area (Å²) in [7, 11) is 0.979. The van der Waals surface area contributed by atoms with Crippen molar-refractivity contribution in [2.75, 3.05) is 39.5 Å². The van der Waals surface area contributed by atoms with Crippen LogP contribution in [0.15, 0.2) is 0 Å². The lowest BCUT2D eigenvalue weighted by Gasteiger charge is -2.36. The number of hydrogen-bond acceptors (Lipinski definition) is 4. The molecule has 0 aromatic heterocycles. The Bertz CT molecular complexity index is 397. The first-order chi connectivity index (χ1) is 9.44. The van der Waals surface area contributed by atoms with Gasteiger partial charge in [0.05, 0.1) is 5.75 Å². The first-order valence-electron chi connectivity index (χ1n) is 7.79. The zero-order chi connectivity index (χ0) is 14.6. The van der Waals surface area contributed by atoms with Crippen molar-refractivity contribution in [1.29, 1.82) is 0 Å². The van der Waals surface area contributed by atoms with E-state index in [2.05, 4.69) is 29.0 Å². The van der Waals surface area contributed by atoms with Crippen LogP contribution in [0.4, 0.5) is 0 Å². The number of likely N-dealkylation sites (N-methyl/N-ethyl adjacent to an activating group) is 1. The third-order valence-electron chi connectivity index (χ3n) is 5.02. The van der Waals surface area contributed by atoms with Gasteiger partial charge in [0.25, 0.3) is 0 Å². The molecule has 118 valence electrons. The van der Waals surface area contributed by atoms with Crippen LogP contribution in [0.3, 0.4) is 0 Å². The van der Waals surface area contributed by atoms with Gasteiger partial charge in [-0.1, -0.05) is 12.8 Å². The summed E-state index contributed by atoms with van der Waals surface area (Å²) in [6.45, 7) is 2.46. The van der Waals surface area contributed by atoms with Gasteiger partial charge in [-0.3, -0.25) is 0 Å². The summed E-state index contributed by atoms with van der Waals surface area (Å²) in [5.41, 5.74) is 0.0290. The molecule has 0 radical (unpaired) electrons. The molecule has 2 fully saturated rings. The SMILES string of the molecule is CN(C)C1(CNS(=O)(=O)CC2CCNCC2)CCCC1. The molecule has 20 heavy (non-hydrogen) atoms. The molecule has 6 heteroatoms. The second-order valence-corrected chi connectivity index (χ2v) is 8.47. The quantitative estimate of drug-likeness (QED) is 0.761. The van der Waals surface area contributed by atoms with Gasteiger partial charge in [-0.2, -0.15) is 0 Å². The zero-order valence-electron chi connectivity index (χ0n) is 12.8. The van der Waals surface area contributed by atoms with E-state index in [9.17, 15) is 8.42 Å². The summed E-state index contributed by atoms with van der Waals surface area (Å²) in [5.74, 6) is 0.602. The normalized spacial score (nSPS) is 24.4. The number of rotatable bonds is 6. The van der Waals surface area contributed by atoms with Gasteiger partial charge in [-0.15, -0.1) is 0 Å². The van der Waals surface area contributed by atoms with Crippen LogP contribution in [0.1, 0.15) is 38.5 Å². The highest BCUT2D eigenvalue weighted by Gasteiger charge is 2.37. The molecule has 2 rings (SSSR count). The van der Waals surface area contributed by atoms with Gasteiger partial charge in [-0.05, 0) is 58.8 Å². The summed E-state index contributed by atoms with van der Waals surface area (Å²) in [6.07, 6.45) is 6.54. The number of piperidine rings is 1. The second-order valence-electron chi connectivity index (χ2n) is 6.62. The highest BCUT2D eigenvalue weighted by molar-refractivity contribution is 7.89.